The molecule has 0 saturated carbocycles. The highest BCUT2D eigenvalue weighted by atomic mass is 19.4. The molecule has 0 aromatic heterocycles. The topological polar surface area (TPSA) is 0 Å². The Labute approximate surface area is 77.8 Å². The minimum atomic E-state index is -3.99. The van der Waals surface area contributed by atoms with Gasteiger partial charge in [-0.05, 0) is 32.1 Å². The molecule has 0 aromatic rings. The lowest BCUT2D eigenvalue weighted by atomic mass is 10.1. The van der Waals surface area contributed by atoms with Gasteiger partial charge in [-0.2, -0.15) is 13.2 Å². The van der Waals surface area contributed by atoms with Crippen molar-refractivity contribution >= 4 is 0 Å². The van der Waals surface area contributed by atoms with Gasteiger partial charge >= 0.3 is 6.18 Å². The van der Waals surface area contributed by atoms with Gasteiger partial charge in [0.1, 0.15) is 0 Å². The minimum absolute atomic E-state index is 0.234. The number of allylic oxidation sites excluding steroid dienone is 2. The number of hydrogen-bond acceptors (Lipinski definition) is 0. The molecule has 0 aliphatic heterocycles. The number of rotatable bonds is 6. The van der Waals surface area contributed by atoms with E-state index in [0.29, 0.717) is 6.42 Å². The van der Waals surface area contributed by atoms with Gasteiger partial charge in [0.25, 0.3) is 0 Å². The molecule has 0 saturated heterocycles. The van der Waals surface area contributed by atoms with Crippen LogP contribution in [0, 0.1) is 6.92 Å². The second kappa shape index (κ2) is 6.98. The van der Waals surface area contributed by atoms with Crippen LogP contribution in [-0.2, 0) is 0 Å². The quantitative estimate of drug-likeness (QED) is 0.436. The standard InChI is InChI=1S/C10H16F3/c1-2-3-4-5-6-7-8-9-10(11,12)13/h4-5H,1-3,6-9H2. The zero-order valence-electron chi connectivity index (χ0n) is 7.74. The Kier molecular flexibility index (Phi) is 6.73. The van der Waals surface area contributed by atoms with Crippen molar-refractivity contribution in [2.24, 2.45) is 0 Å². The zero-order valence-corrected chi connectivity index (χ0v) is 7.74. The molecule has 0 unspecified atom stereocenters. The van der Waals surface area contributed by atoms with Crippen LogP contribution in [0.3, 0.4) is 0 Å². The lowest BCUT2D eigenvalue weighted by Gasteiger charge is -2.03. The molecule has 0 fully saturated rings. The summed E-state index contributed by atoms with van der Waals surface area (Å²) in [4.78, 5) is 0. The van der Waals surface area contributed by atoms with Gasteiger partial charge in [-0.25, -0.2) is 0 Å². The first-order chi connectivity index (χ1) is 6.06. The first kappa shape index (κ1) is 12.5. The van der Waals surface area contributed by atoms with Crippen molar-refractivity contribution < 1.29 is 13.2 Å². The summed E-state index contributed by atoms with van der Waals surface area (Å²) in [6.45, 7) is 3.65. The summed E-state index contributed by atoms with van der Waals surface area (Å²) in [5.74, 6) is 0. The van der Waals surface area contributed by atoms with Gasteiger partial charge < -0.3 is 0 Å². The smallest absolute Gasteiger partial charge is 0.171 e. The SMILES string of the molecule is [CH2]CCC=CCCCCC(F)(F)F. The molecule has 0 N–H and O–H groups in total. The van der Waals surface area contributed by atoms with E-state index in [2.05, 4.69) is 6.92 Å². The number of unbranched alkanes of at least 4 members (excludes halogenated alkanes) is 3. The Morgan fingerprint density at radius 2 is 1.62 bits per heavy atom. The zero-order chi connectivity index (χ0) is 10.2. The molecule has 0 amide bonds. The fourth-order valence-corrected chi connectivity index (χ4v) is 0.941. The lowest BCUT2D eigenvalue weighted by Crippen LogP contribution is -2.05. The van der Waals surface area contributed by atoms with Crippen molar-refractivity contribution in [3.05, 3.63) is 19.1 Å². The molecule has 0 aromatic carbocycles. The fourth-order valence-electron chi connectivity index (χ4n) is 0.941. The highest BCUT2D eigenvalue weighted by molar-refractivity contribution is 4.81. The molecule has 0 rings (SSSR count). The summed E-state index contributed by atoms with van der Waals surface area (Å²) in [6.07, 6.45) is 2.62. The Morgan fingerprint density at radius 1 is 1.00 bits per heavy atom. The highest BCUT2D eigenvalue weighted by Gasteiger charge is 2.25. The van der Waals surface area contributed by atoms with Crippen LogP contribution in [-0.4, -0.2) is 6.18 Å². The Bertz CT molecular complexity index is 136. The summed E-state index contributed by atoms with van der Waals surface area (Å²) in [6, 6.07) is 0. The molecule has 0 aliphatic rings. The van der Waals surface area contributed by atoms with Crippen LogP contribution in [0.5, 0.6) is 0 Å². The molecule has 0 atom stereocenters. The van der Waals surface area contributed by atoms with Gasteiger partial charge in [-0.1, -0.05) is 19.1 Å². The number of halogens is 3. The average molecular weight is 193 g/mol. The summed E-state index contributed by atoms with van der Waals surface area (Å²) >= 11 is 0. The molecule has 0 spiro atoms. The van der Waals surface area contributed by atoms with E-state index in [1.165, 1.54) is 0 Å². The highest BCUT2D eigenvalue weighted by Crippen LogP contribution is 2.22. The van der Waals surface area contributed by atoms with Crippen LogP contribution in [0.4, 0.5) is 13.2 Å². The van der Waals surface area contributed by atoms with E-state index >= 15 is 0 Å². The molecule has 0 aliphatic carbocycles. The minimum Gasteiger partial charge on any atom is -0.171 e. The molecule has 77 valence electrons. The van der Waals surface area contributed by atoms with Gasteiger partial charge in [0.15, 0.2) is 0 Å². The van der Waals surface area contributed by atoms with Crippen molar-refractivity contribution in [2.45, 2.75) is 44.7 Å². The van der Waals surface area contributed by atoms with E-state index in [4.69, 9.17) is 0 Å². The van der Waals surface area contributed by atoms with Crippen molar-refractivity contribution in [3.8, 4) is 0 Å². The lowest BCUT2D eigenvalue weighted by molar-refractivity contribution is -0.135. The number of alkyl halides is 3. The molecule has 0 nitrogen and oxygen atoms in total. The van der Waals surface area contributed by atoms with E-state index in [0.717, 1.165) is 19.3 Å². The first-order valence-corrected chi connectivity index (χ1v) is 4.57. The molecular weight excluding hydrogens is 177 g/mol. The van der Waals surface area contributed by atoms with Gasteiger partial charge in [-0.15, -0.1) is 0 Å². The first-order valence-electron chi connectivity index (χ1n) is 4.57. The van der Waals surface area contributed by atoms with Crippen LogP contribution in [0.25, 0.3) is 0 Å². The van der Waals surface area contributed by atoms with Gasteiger partial charge in [0.05, 0.1) is 0 Å². The normalized spacial score (nSPS) is 12.6. The van der Waals surface area contributed by atoms with Gasteiger partial charge in [0, 0.05) is 6.42 Å². The largest absolute Gasteiger partial charge is 0.389 e. The van der Waals surface area contributed by atoms with Gasteiger partial charge in [0.2, 0.25) is 0 Å². The monoisotopic (exact) mass is 193 g/mol. The van der Waals surface area contributed by atoms with E-state index in [-0.39, 0.29) is 6.42 Å². The number of hydrogen-bond donors (Lipinski definition) is 0. The van der Waals surface area contributed by atoms with E-state index in [1.54, 1.807) is 0 Å². The summed E-state index contributed by atoms with van der Waals surface area (Å²) < 4.78 is 35.0. The average Bonchev–Trinajstić information content (AvgIpc) is 2.01. The third-order valence-electron chi connectivity index (χ3n) is 1.62. The van der Waals surface area contributed by atoms with Crippen LogP contribution in [0.15, 0.2) is 12.2 Å². The molecule has 0 bridgehead atoms. The van der Waals surface area contributed by atoms with E-state index < -0.39 is 12.6 Å². The third kappa shape index (κ3) is 11.5. The maximum Gasteiger partial charge on any atom is 0.389 e. The Balaban J connectivity index is 3.17. The van der Waals surface area contributed by atoms with E-state index in [9.17, 15) is 13.2 Å². The Morgan fingerprint density at radius 3 is 2.15 bits per heavy atom. The molecular formula is C10H16F3. The second-order valence-electron chi connectivity index (χ2n) is 2.97. The van der Waals surface area contributed by atoms with Crippen LogP contribution in [0.2, 0.25) is 0 Å². The van der Waals surface area contributed by atoms with Crippen LogP contribution in [0.1, 0.15) is 38.5 Å². The second-order valence-corrected chi connectivity index (χ2v) is 2.97. The van der Waals surface area contributed by atoms with Gasteiger partial charge in [-0.3, -0.25) is 0 Å². The molecule has 0 heterocycles. The predicted octanol–water partition coefficient (Wildman–Crippen LogP) is 4.28. The third-order valence-corrected chi connectivity index (χ3v) is 1.62. The Hall–Kier alpha value is -0.470. The van der Waals surface area contributed by atoms with Crippen molar-refractivity contribution in [2.75, 3.05) is 0 Å². The fraction of sp³-hybridized carbons (Fsp3) is 0.700. The van der Waals surface area contributed by atoms with E-state index in [1.807, 2.05) is 12.2 Å². The molecule has 13 heavy (non-hydrogen) atoms. The molecule has 1 radical (unpaired) electrons. The van der Waals surface area contributed by atoms with Crippen LogP contribution >= 0.6 is 0 Å². The van der Waals surface area contributed by atoms with Crippen molar-refractivity contribution in [1.82, 2.24) is 0 Å². The summed E-state index contributed by atoms with van der Waals surface area (Å²) in [5.41, 5.74) is 0. The molecule has 3 heteroatoms. The maximum atomic E-state index is 11.7. The maximum absolute atomic E-state index is 11.7. The van der Waals surface area contributed by atoms with Crippen molar-refractivity contribution in [1.29, 1.82) is 0 Å². The van der Waals surface area contributed by atoms with Crippen LogP contribution < -0.4 is 0 Å². The van der Waals surface area contributed by atoms with Crippen molar-refractivity contribution in [3.63, 3.8) is 0 Å². The summed E-state index contributed by atoms with van der Waals surface area (Å²) in [5, 5.41) is 0. The predicted molar refractivity (Wildman–Crippen MR) is 48.3 cm³/mol. The summed E-state index contributed by atoms with van der Waals surface area (Å²) in [7, 11) is 0.